The van der Waals surface area contributed by atoms with Crippen LogP contribution in [-0.4, -0.2) is 19.5 Å². The fraction of sp³-hybridized carbons (Fsp3) is 0.618. The molecule has 0 aromatic heterocycles. The van der Waals surface area contributed by atoms with E-state index in [0.29, 0.717) is 24.0 Å². The maximum absolute atomic E-state index is 11.2. The second-order valence-electron chi connectivity index (χ2n) is 12.0. The Morgan fingerprint density at radius 3 is 1.68 bits per heavy atom. The third-order valence-corrected chi connectivity index (χ3v) is 7.33. The van der Waals surface area contributed by atoms with Gasteiger partial charge in [0.05, 0.1) is 13.2 Å². The van der Waals surface area contributed by atoms with Crippen LogP contribution in [0.25, 0.3) is 11.1 Å². The molecule has 2 aromatic rings. The summed E-state index contributed by atoms with van der Waals surface area (Å²) in [7, 11) is 0. The summed E-state index contributed by atoms with van der Waals surface area (Å²) in [5.41, 5.74) is 3.84. The van der Waals surface area contributed by atoms with Crippen molar-refractivity contribution in [2.45, 2.75) is 99.8 Å². The summed E-state index contributed by atoms with van der Waals surface area (Å²) in [5.74, 6) is 4.67. The van der Waals surface area contributed by atoms with E-state index < -0.39 is 0 Å². The molecule has 0 fully saturated rings. The normalized spacial score (nSPS) is 13.1. The Bertz CT molecular complexity index is 913. The summed E-state index contributed by atoms with van der Waals surface area (Å²) in [5, 5.41) is 0. The molecule has 0 aliphatic carbocycles. The van der Waals surface area contributed by atoms with Crippen molar-refractivity contribution in [1.82, 2.24) is 0 Å². The quantitative estimate of drug-likeness (QED) is 0.188. The van der Waals surface area contributed by atoms with Crippen LogP contribution >= 0.6 is 0 Å². The average Bonchev–Trinajstić information content (AvgIpc) is 2.85. The Balaban J connectivity index is 2.07. The lowest BCUT2D eigenvalue weighted by Crippen LogP contribution is -2.07. The van der Waals surface area contributed by atoms with Crippen molar-refractivity contribution in [3.05, 3.63) is 47.5 Å². The number of hydrogen-bond donors (Lipinski definition) is 0. The minimum Gasteiger partial charge on any atom is -0.493 e. The predicted octanol–water partition coefficient (Wildman–Crippen LogP) is 9.94. The third-order valence-electron chi connectivity index (χ3n) is 7.33. The highest BCUT2D eigenvalue weighted by Gasteiger charge is 2.14. The van der Waals surface area contributed by atoms with Crippen LogP contribution in [0.15, 0.2) is 36.4 Å². The van der Waals surface area contributed by atoms with Crippen molar-refractivity contribution >= 4 is 6.29 Å². The average molecular weight is 509 g/mol. The number of carbonyl (C=O) groups excluding carboxylic acids is 1. The van der Waals surface area contributed by atoms with Crippen molar-refractivity contribution in [3.63, 3.8) is 0 Å². The number of benzene rings is 2. The zero-order chi connectivity index (χ0) is 27.2. The van der Waals surface area contributed by atoms with Crippen LogP contribution in [0.5, 0.6) is 11.5 Å². The molecule has 2 aromatic carbocycles. The van der Waals surface area contributed by atoms with Gasteiger partial charge in [0.2, 0.25) is 0 Å². The molecule has 3 nitrogen and oxygen atoms in total. The summed E-state index contributed by atoms with van der Waals surface area (Å²) in [6.45, 7) is 17.4. The van der Waals surface area contributed by atoms with Gasteiger partial charge in [0, 0.05) is 11.1 Å². The highest BCUT2D eigenvalue weighted by Crippen LogP contribution is 2.37. The number of aryl methyl sites for hydroxylation is 1. The molecule has 0 N–H and O–H groups in total. The van der Waals surface area contributed by atoms with Crippen LogP contribution in [0.3, 0.4) is 0 Å². The predicted molar refractivity (Wildman–Crippen MR) is 158 cm³/mol. The maximum Gasteiger partial charge on any atom is 0.150 e. The lowest BCUT2D eigenvalue weighted by atomic mass is 9.97. The van der Waals surface area contributed by atoms with E-state index in [1.807, 2.05) is 24.3 Å². The second-order valence-corrected chi connectivity index (χ2v) is 12.0. The largest absolute Gasteiger partial charge is 0.493 e. The smallest absolute Gasteiger partial charge is 0.150 e. The van der Waals surface area contributed by atoms with E-state index in [0.717, 1.165) is 65.8 Å². The minimum absolute atomic E-state index is 0.653. The minimum atomic E-state index is 0.653. The van der Waals surface area contributed by atoms with Gasteiger partial charge < -0.3 is 9.47 Å². The molecule has 0 amide bonds. The van der Waals surface area contributed by atoms with Gasteiger partial charge in [0.15, 0.2) is 0 Å². The van der Waals surface area contributed by atoms with Crippen LogP contribution in [0, 0.1) is 30.6 Å². The van der Waals surface area contributed by atoms with Crippen molar-refractivity contribution in [2.24, 2.45) is 23.7 Å². The lowest BCUT2D eigenvalue weighted by molar-refractivity contribution is 0.112. The number of hydrogen-bond acceptors (Lipinski definition) is 3. The van der Waals surface area contributed by atoms with E-state index >= 15 is 0 Å². The van der Waals surface area contributed by atoms with Gasteiger partial charge in [-0.25, -0.2) is 0 Å². The molecule has 0 aliphatic rings. The van der Waals surface area contributed by atoms with Crippen molar-refractivity contribution in [2.75, 3.05) is 13.2 Å². The number of aldehydes is 1. The highest BCUT2D eigenvalue weighted by molar-refractivity contribution is 5.79. The Morgan fingerprint density at radius 2 is 1.19 bits per heavy atom. The SMILES string of the molecule is Cc1cc(OCCC(C)CCCC(C)C)c(-c2ccc(C=O)cc2)cc1OCCC(C)CCCC(C)C. The molecule has 0 saturated carbocycles. The summed E-state index contributed by atoms with van der Waals surface area (Å²) in [6.07, 6.45) is 10.7. The first-order valence-electron chi connectivity index (χ1n) is 14.6. The molecule has 2 unspecified atom stereocenters. The van der Waals surface area contributed by atoms with Crippen LogP contribution in [0.1, 0.15) is 109 Å². The fourth-order valence-corrected chi connectivity index (χ4v) is 4.68. The van der Waals surface area contributed by atoms with Gasteiger partial charge in [-0.3, -0.25) is 4.79 Å². The summed E-state index contributed by atoms with van der Waals surface area (Å²) in [4.78, 5) is 11.2. The van der Waals surface area contributed by atoms with Gasteiger partial charge in [-0.1, -0.05) is 104 Å². The first-order valence-corrected chi connectivity index (χ1v) is 14.6. The van der Waals surface area contributed by atoms with Crippen LogP contribution in [-0.2, 0) is 0 Å². The molecule has 0 spiro atoms. The first-order chi connectivity index (χ1) is 17.7. The second kappa shape index (κ2) is 16.5. The molecule has 0 heterocycles. The molecule has 37 heavy (non-hydrogen) atoms. The molecule has 0 aliphatic heterocycles. The Kier molecular flexibility index (Phi) is 13.8. The molecule has 0 saturated heterocycles. The standard InChI is InChI=1S/C34H52O3/c1-25(2)10-8-12-27(5)18-20-36-33-23-32(31-16-14-30(24-35)15-17-31)34(22-29(33)7)37-21-19-28(6)13-9-11-26(3)4/h14-17,22-28H,8-13,18-21H2,1-7H3. The first kappa shape index (κ1) is 30.9. The van der Waals surface area contributed by atoms with Gasteiger partial charge >= 0.3 is 0 Å². The molecule has 206 valence electrons. The van der Waals surface area contributed by atoms with Gasteiger partial charge in [-0.2, -0.15) is 0 Å². The summed E-state index contributed by atoms with van der Waals surface area (Å²) in [6, 6.07) is 12.0. The van der Waals surface area contributed by atoms with Gasteiger partial charge in [0.25, 0.3) is 0 Å². The van der Waals surface area contributed by atoms with E-state index in [-0.39, 0.29) is 0 Å². The number of ether oxygens (including phenoxy) is 2. The highest BCUT2D eigenvalue weighted by atomic mass is 16.5. The topological polar surface area (TPSA) is 35.5 Å². The molecular formula is C34H52O3. The third kappa shape index (κ3) is 11.8. The van der Waals surface area contributed by atoms with Gasteiger partial charge in [-0.05, 0) is 66.7 Å². The van der Waals surface area contributed by atoms with E-state index in [9.17, 15) is 4.79 Å². The maximum atomic E-state index is 11.2. The van der Waals surface area contributed by atoms with E-state index in [4.69, 9.17) is 9.47 Å². The Labute approximate surface area is 227 Å². The molecule has 2 rings (SSSR count). The molecule has 3 heteroatoms. The lowest BCUT2D eigenvalue weighted by Gasteiger charge is -2.19. The van der Waals surface area contributed by atoms with E-state index in [2.05, 4.69) is 60.6 Å². The van der Waals surface area contributed by atoms with E-state index in [1.54, 1.807) is 0 Å². The van der Waals surface area contributed by atoms with Gasteiger partial charge in [0.1, 0.15) is 17.8 Å². The fourth-order valence-electron chi connectivity index (χ4n) is 4.68. The van der Waals surface area contributed by atoms with Crippen LogP contribution in [0.2, 0.25) is 0 Å². The number of rotatable bonds is 18. The van der Waals surface area contributed by atoms with Crippen molar-refractivity contribution in [3.8, 4) is 22.6 Å². The van der Waals surface area contributed by atoms with E-state index in [1.165, 1.54) is 38.5 Å². The molecule has 2 atom stereocenters. The summed E-state index contributed by atoms with van der Waals surface area (Å²) < 4.78 is 12.7. The monoisotopic (exact) mass is 508 g/mol. The molecule has 0 radical (unpaired) electrons. The van der Waals surface area contributed by atoms with Crippen LogP contribution < -0.4 is 9.47 Å². The van der Waals surface area contributed by atoms with Gasteiger partial charge in [-0.15, -0.1) is 0 Å². The Morgan fingerprint density at radius 1 is 0.676 bits per heavy atom. The van der Waals surface area contributed by atoms with Crippen molar-refractivity contribution < 1.29 is 14.3 Å². The summed E-state index contributed by atoms with van der Waals surface area (Å²) >= 11 is 0. The molecule has 0 bridgehead atoms. The van der Waals surface area contributed by atoms with Crippen molar-refractivity contribution in [1.29, 1.82) is 0 Å². The van der Waals surface area contributed by atoms with Crippen LogP contribution in [0.4, 0.5) is 0 Å². The Hall–Kier alpha value is -2.29. The molecular weight excluding hydrogens is 456 g/mol. The number of carbonyl (C=O) groups is 1. The zero-order valence-corrected chi connectivity index (χ0v) is 24.6. The zero-order valence-electron chi connectivity index (χ0n) is 24.6.